The molecule has 1 fully saturated rings. The van der Waals surface area contributed by atoms with Crippen molar-refractivity contribution in [2.24, 2.45) is 17.6 Å². The lowest BCUT2D eigenvalue weighted by Crippen LogP contribution is -2.31. The molecule has 112 valence electrons. The lowest BCUT2D eigenvalue weighted by molar-refractivity contribution is 0.405. The summed E-state index contributed by atoms with van der Waals surface area (Å²) in [6.45, 7) is 9.09. The number of hydrogen-bond acceptors (Lipinski definition) is 1. The second-order valence-electron chi connectivity index (χ2n) is 7.66. The molecule has 1 saturated carbocycles. The first-order chi connectivity index (χ1) is 9.40. The fourth-order valence-corrected chi connectivity index (χ4v) is 3.45. The quantitative estimate of drug-likeness (QED) is 0.847. The van der Waals surface area contributed by atoms with Crippen molar-refractivity contribution in [3.8, 4) is 0 Å². The summed E-state index contributed by atoms with van der Waals surface area (Å²) in [5.41, 5.74) is 9.49. The minimum absolute atomic E-state index is 0.237. The monoisotopic (exact) mass is 273 g/mol. The van der Waals surface area contributed by atoms with Crippen LogP contribution in [-0.2, 0) is 11.8 Å². The van der Waals surface area contributed by atoms with Gasteiger partial charge < -0.3 is 5.73 Å². The summed E-state index contributed by atoms with van der Waals surface area (Å²) >= 11 is 0. The van der Waals surface area contributed by atoms with Gasteiger partial charge in [0.05, 0.1) is 0 Å². The number of hydrogen-bond donors (Lipinski definition) is 1. The van der Waals surface area contributed by atoms with Gasteiger partial charge in [0.15, 0.2) is 0 Å². The van der Waals surface area contributed by atoms with E-state index >= 15 is 0 Å². The summed E-state index contributed by atoms with van der Waals surface area (Å²) in [6, 6.07) is 9.42. The predicted octanol–water partition coefficient (Wildman–Crippen LogP) is 4.68. The van der Waals surface area contributed by atoms with Gasteiger partial charge in [0, 0.05) is 6.04 Å². The van der Waals surface area contributed by atoms with Gasteiger partial charge in [0.2, 0.25) is 0 Å². The van der Waals surface area contributed by atoms with Crippen molar-refractivity contribution >= 4 is 0 Å². The van der Waals surface area contributed by atoms with Gasteiger partial charge in [-0.2, -0.15) is 0 Å². The second-order valence-corrected chi connectivity index (χ2v) is 7.66. The summed E-state index contributed by atoms with van der Waals surface area (Å²) in [4.78, 5) is 0. The molecule has 1 aliphatic rings. The Labute approximate surface area is 125 Å². The lowest BCUT2D eigenvalue weighted by Gasteiger charge is -2.21. The highest BCUT2D eigenvalue weighted by Crippen LogP contribution is 2.35. The third-order valence-electron chi connectivity index (χ3n) is 5.06. The minimum atomic E-state index is 0.237. The molecule has 0 spiro atoms. The first-order valence-electron chi connectivity index (χ1n) is 8.25. The molecular weight excluding hydrogens is 242 g/mol. The van der Waals surface area contributed by atoms with Crippen LogP contribution in [0.2, 0.25) is 0 Å². The Morgan fingerprint density at radius 2 is 1.80 bits per heavy atom. The van der Waals surface area contributed by atoms with Crippen LogP contribution in [0.1, 0.15) is 64.5 Å². The molecular formula is C19H31N. The fraction of sp³-hybridized carbons (Fsp3) is 0.684. The SMILES string of the molecule is CCC1CCC(C(N)Cc2ccc(C(C)(C)C)cc2)C1. The Balaban J connectivity index is 1.93. The van der Waals surface area contributed by atoms with Gasteiger partial charge in [0.1, 0.15) is 0 Å². The summed E-state index contributed by atoms with van der Waals surface area (Å²) in [5.74, 6) is 1.66. The van der Waals surface area contributed by atoms with Crippen molar-refractivity contribution in [3.63, 3.8) is 0 Å². The number of benzene rings is 1. The molecule has 0 bridgehead atoms. The molecule has 0 aromatic heterocycles. The molecule has 20 heavy (non-hydrogen) atoms. The van der Waals surface area contributed by atoms with Crippen LogP contribution in [0.3, 0.4) is 0 Å². The molecule has 2 rings (SSSR count). The average molecular weight is 273 g/mol. The highest BCUT2D eigenvalue weighted by atomic mass is 14.7. The molecule has 1 aromatic rings. The molecule has 0 radical (unpaired) electrons. The predicted molar refractivity (Wildman–Crippen MR) is 87.9 cm³/mol. The average Bonchev–Trinajstić information content (AvgIpc) is 2.87. The molecule has 3 unspecified atom stereocenters. The summed E-state index contributed by atoms with van der Waals surface area (Å²) < 4.78 is 0. The summed E-state index contributed by atoms with van der Waals surface area (Å²) in [5, 5.41) is 0. The minimum Gasteiger partial charge on any atom is -0.327 e. The number of nitrogens with two attached hydrogens (primary N) is 1. The molecule has 2 N–H and O–H groups in total. The first kappa shape index (κ1) is 15.6. The maximum Gasteiger partial charge on any atom is 0.0108 e. The van der Waals surface area contributed by atoms with Crippen LogP contribution in [0.5, 0.6) is 0 Å². The molecule has 0 heterocycles. The molecule has 0 aliphatic heterocycles. The van der Waals surface area contributed by atoms with Crippen LogP contribution in [0.15, 0.2) is 24.3 Å². The van der Waals surface area contributed by atoms with Gasteiger partial charge in [-0.05, 0) is 47.6 Å². The summed E-state index contributed by atoms with van der Waals surface area (Å²) in [6.07, 6.45) is 6.42. The first-order valence-corrected chi connectivity index (χ1v) is 8.25. The molecule has 1 aromatic carbocycles. The normalized spacial score (nSPS) is 24.9. The zero-order valence-corrected chi connectivity index (χ0v) is 13.7. The lowest BCUT2D eigenvalue weighted by atomic mass is 9.85. The van der Waals surface area contributed by atoms with Crippen molar-refractivity contribution in [2.45, 2.75) is 71.3 Å². The van der Waals surface area contributed by atoms with E-state index in [1.807, 2.05) is 0 Å². The maximum absolute atomic E-state index is 6.45. The zero-order chi connectivity index (χ0) is 14.8. The topological polar surface area (TPSA) is 26.0 Å². The molecule has 1 aliphatic carbocycles. The van der Waals surface area contributed by atoms with Gasteiger partial charge in [-0.1, -0.05) is 64.8 Å². The third-order valence-corrected chi connectivity index (χ3v) is 5.06. The Kier molecular flexibility index (Phi) is 4.90. The van der Waals surface area contributed by atoms with Gasteiger partial charge in [0.25, 0.3) is 0 Å². The van der Waals surface area contributed by atoms with Crippen molar-refractivity contribution < 1.29 is 0 Å². The Hall–Kier alpha value is -0.820. The highest BCUT2D eigenvalue weighted by Gasteiger charge is 2.28. The fourth-order valence-electron chi connectivity index (χ4n) is 3.45. The van der Waals surface area contributed by atoms with Crippen LogP contribution in [0.25, 0.3) is 0 Å². The smallest absolute Gasteiger partial charge is 0.0108 e. The van der Waals surface area contributed by atoms with E-state index in [1.165, 1.54) is 36.8 Å². The van der Waals surface area contributed by atoms with Gasteiger partial charge in [-0.25, -0.2) is 0 Å². The second kappa shape index (κ2) is 6.30. The van der Waals surface area contributed by atoms with E-state index in [0.29, 0.717) is 6.04 Å². The van der Waals surface area contributed by atoms with Gasteiger partial charge in [-0.15, -0.1) is 0 Å². The molecule has 1 heteroatoms. The molecule has 0 amide bonds. The largest absolute Gasteiger partial charge is 0.327 e. The van der Waals surface area contributed by atoms with Crippen molar-refractivity contribution in [1.82, 2.24) is 0 Å². The van der Waals surface area contributed by atoms with Crippen LogP contribution in [0.4, 0.5) is 0 Å². The van der Waals surface area contributed by atoms with Crippen molar-refractivity contribution in [3.05, 3.63) is 35.4 Å². The maximum atomic E-state index is 6.45. The van der Waals surface area contributed by atoms with Crippen LogP contribution >= 0.6 is 0 Å². The van der Waals surface area contributed by atoms with E-state index < -0.39 is 0 Å². The molecule has 0 saturated heterocycles. The van der Waals surface area contributed by atoms with Crippen LogP contribution in [-0.4, -0.2) is 6.04 Å². The van der Waals surface area contributed by atoms with Crippen molar-refractivity contribution in [1.29, 1.82) is 0 Å². The number of rotatable bonds is 4. The standard InChI is InChI=1S/C19H31N/c1-5-14-6-9-16(12-14)18(20)13-15-7-10-17(11-8-15)19(2,3)4/h7-8,10-11,14,16,18H,5-6,9,12-13,20H2,1-4H3. The van der Waals surface area contributed by atoms with E-state index in [0.717, 1.165) is 18.3 Å². The van der Waals surface area contributed by atoms with Crippen LogP contribution in [0, 0.1) is 11.8 Å². The van der Waals surface area contributed by atoms with E-state index in [-0.39, 0.29) is 5.41 Å². The Morgan fingerprint density at radius 3 is 2.30 bits per heavy atom. The summed E-state index contributed by atoms with van der Waals surface area (Å²) in [7, 11) is 0. The van der Waals surface area contributed by atoms with Gasteiger partial charge >= 0.3 is 0 Å². The van der Waals surface area contributed by atoms with E-state index in [4.69, 9.17) is 5.73 Å². The Bertz CT molecular complexity index is 412. The zero-order valence-electron chi connectivity index (χ0n) is 13.7. The molecule has 3 atom stereocenters. The Morgan fingerprint density at radius 1 is 1.15 bits per heavy atom. The highest BCUT2D eigenvalue weighted by molar-refractivity contribution is 5.28. The van der Waals surface area contributed by atoms with Gasteiger partial charge in [-0.3, -0.25) is 0 Å². The van der Waals surface area contributed by atoms with E-state index in [1.54, 1.807) is 0 Å². The van der Waals surface area contributed by atoms with Crippen molar-refractivity contribution in [2.75, 3.05) is 0 Å². The van der Waals surface area contributed by atoms with E-state index in [9.17, 15) is 0 Å². The molecule has 1 nitrogen and oxygen atoms in total. The van der Waals surface area contributed by atoms with Crippen LogP contribution < -0.4 is 5.73 Å². The van der Waals surface area contributed by atoms with E-state index in [2.05, 4.69) is 52.0 Å². The third kappa shape index (κ3) is 3.85.